The summed E-state index contributed by atoms with van der Waals surface area (Å²) in [7, 11) is 0. The molecule has 0 unspecified atom stereocenters. The number of oxazole rings is 1. The first-order chi connectivity index (χ1) is 9.35. The van der Waals surface area contributed by atoms with E-state index in [0.29, 0.717) is 0 Å². The first-order valence-corrected chi connectivity index (χ1v) is 7.12. The Labute approximate surface area is 113 Å². The molecule has 0 atom stereocenters. The Morgan fingerprint density at radius 2 is 2.16 bits per heavy atom. The second kappa shape index (κ2) is 5.61. The molecular weight excluding hydrogens is 240 g/mol. The largest absolute Gasteiger partial charge is 0.458 e. The van der Waals surface area contributed by atoms with Crippen molar-refractivity contribution in [2.24, 2.45) is 0 Å². The van der Waals surface area contributed by atoms with Crippen molar-refractivity contribution in [3.63, 3.8) is 0 Å². The summed E-state index contributed by atoms with van der Waals surface area (Å²) in [5, 5.41) is 3.49. The van der Waals surface area contributed by atoms with Crippen molar-refractivity contribution in [1.82, 2.24) is 10.3 Å². The van der Waals surface area contributed by atoms with Gasteiger partial charge in [0, 0.05) is 18.9 Å². The molecule has 102 valence electrons. The van der Waals surface area contributed by atoms with Gasteiger partial charge in [-0.25, -0.2) is 4.98 Å². The van der Waals surface area contributed by atoms with Crippen molar-refractivity contribution in [2.75, 3.05) is 6.54 Å². The van der Waals surface area contributed by atoms with Crippen molar-refractivity contribution >= 4 is 0 Å². The fourth-order valence-corrected chi connectivity index (χ4v) is 2.07. The number of hydrogen-bond donors (Lipinski definition) is 1. The first kappa shape index (κ1) is 12.5. The van der Waals surface area contributed by atoms with E-state index >= 15 is 0 Å². The van der Waals surface area contributed by atoms with Gasteiger partial charge in [-0.15, -0.1) is 0 Å². The van der Waals surface area contributed by atoms with Crippen molar-refractivity contribution in [3.05, 3.63) is 30.0 Å². The van der Waals surface area contributed by atoms with Gasteiger partial charge in [-0.05, 0) is 37.9 Å². The molecule has 1 N–H and O–H groups in total. The molecule has 4 nitrogen and oxygen atoms in total. The van der Waals surface area contributed by atoms with Gasteiger partial charge >= 0.3 is 0 Å². The molecule has 2 heterocycles. The first-order valence-electron chi connectivity index (χ1n) is 7.12. The fraction of sp³-hybridized carbons (Fsp3) is 0.533. The van der Waals surface area contributed by atoms with Gasteiger partial charge in [0.2, 0.25) is 0 Å². The van der Waals surface area contributed by atoms with Crippen LogP contribution in [0.4, 0.5) is 0 Å². The molecule has 4 heteroatoms. The highest BCUT2D eigenvalue weighted by atomic mass is 16.4. The number of hydrogen-bond acceptors (Lipinski definition) is 4. The minimum atomic E-state index is 0.727. The number of aryl methyl sites for hydroxylation is 2. The SMILES string of the molecule is CCc1ccc(-c2cnc(CCCNC3CC3)o2)o1. The zero-order chi connectivity index (χ0) is 13.1. The molecule has 1 fully saturated rings. The van der Waals surface area contributed by atoms with Gasteiger partial charge < -0.3 is 14.2 Å². The summed E-state index contributed by atoms with van der Waals surface area (Å²) >= 11 is 0. The zero-order valence-electron chi connectivity index (χ0n) is 11.3. The number of rotatable bonds is 7. The summed E-state index contributed by atoms with van der Waals surface area (Å²) in [6, 6.07) is 4.70. The molecule has 0 saturated heterocycles. The smallest absolute Gasteiger partial charge is 0.195 e. The van der Waals surface area contributed by atoms with Gasteiger partial charge in [-0.2, -0.15) is 0 Å². The summed E-state index contributed by atoms with van der Waals surface area (Å²) in [4.78, 5) is 4.31. The van der Waals surface area contributed by atoms with Crippen LogP contribution >= 0.6 is 0 Å². The van der Waals surface area contributed by atoms with Crippen LogP contribution in [-0.2, 0) is 12.8 Å². The molecular formula is C15H20N2O2. The van der Waals surface area contributed by atoms with E-state index in [1.807, 2.05) is 12.1 Å². The monoisotopic (exact) mass is 260 g/mol. The third kappa shape index (κ3) is 3.26. The van der Waals surface area contributed by atoms with Crippen LogP contribution in [-0.4, -0.2) is 17.6 Å². The van der Waals surface area contributed by atoms with Gasteiger partial charge in [-0.1, -0.05) is 6.92 Å². The predicted octanol–water partition coefficient (Wildman–Crippen LogP) is 3.18. The molecule has 1 aliphatic rings. The molecule has 19 heavy (non-hydrogen) atoms. The maximum atomic E-state index is 5.72. The van der Waals surface area contributed by atoms with Crippen LogP contribution < -0.4 is 5.32 Å². The summed E-state index contributed by atoms with van der Waals surface area (Å²) in [5.74, 6) is 3.26. The Bertz CT molecular complexity index is 526. The molecule has 2 aromatic heterocycles. The van der Waals surface area contributed by atoms with E-state index in [9.17, 15) is 0 Å². The average molecular weight is 260 g/mol. The van der Waals surface area contributed by atoms with Gasteiger partial charge in [0.25, 0.3) is 0 Å². The third-order valence-electron chi connectivity index (χ3n) is 3.38. The molecule has 0 aromatic carbocycles. The maximum absolute atomic E-state index is 5.72. The minimum Gasteiger partial charge on any atom is -0.458 e. The maximum Gasteiger partial charge on any atom is 0.195 e. The lowest BCUT2D eigenvalue weighted by Crippen LogP contribution is -2.17. The zero-order valence-corrected chi connectivity index (χ0v) is 11.3. The fourth-order valence-electron chi connectivity index (χ4n) is 2.07. The number of nitrogens with zero attached hydrogens (tertiary/aromatic N) is 1. The minimum absolute atomic E-state index is 0.727. The van der Waals surface area contributed by atoms with Crippen LogP contribution in [0, 0.1) is 0 Å². The van der Waals surface area contributed by atoms with E-state index in [1.165, 1.54) is 12.8 Å². The van der Waals surface area contributed by atoms with Gasteiger partial charge in [-0.3, -0.25) is 0 Å². The lowest BCUT2D eigenvalue weighted by Gasteiger charge is -1.99. The van der Waals surface area contributed by atoms with Crippen LogP contribution in [0.3, 0.4) is 0 Å². The van der Waals surface area contributed by atoms with Crippen molar-refractivity contribution < 1.29 is 8.83 Å². The van der Waals surface area contributed by atoms with Gasteiger partial charge in [0.05, 0.1) is 6.20 Å². The predicted molar refractivity (Wildman–Crippen MR) is 72.9 cm³/mol. The molecule has 2 aromatic rings. The van der Waals surface area contributed by atoms with E-state index < -0.39 is 0 Å². The highest BCUT2D eigenvalue weighted by molar-refractivity contribution is 5.48. The van der Waals surface area contributed by atoms with E-state index in [-0.39, 0.29) is 0 Å². The van der Waals surface area contributed by atoms with E-state index in [1.54, 1.807) is 6.20 Å². The van der Waals surface area contributed by atoms with Crippen LogP contribution in [0.5, 0.6) is 0 Å². The Morgan fingerprint density at radius 1 is 1.26 bits per heavy atom. The van der Waals surface area contributed by atoms with Gasteiger partial charge in [0.1, 0.15) is 5.76 Å². The third-order valence-corrected chi connectivity index (χ3v) is 3.38. The topological polar surface area (TPSA) is 51.2 Å². The molecule has 0 radical (unpaired) electrons. The van der Waals surface area contributed by atoms with Crippen molar-refractivity contribution in [2.45, 2.75) is 45.1 Å². The van der Waals surface area contributed by atoms with Crippen LogP contribution in [0.1, 0.15) is 37.8 Å². The Morgan fingerprint density at radius 3 is 2.89 bits per heavy atom. The molecule has 0 aliphatic heterocycles. The van der Waals surface area contributed by atoms with Crippen molar-refractivity contribution in [1.29, 1.82) is 0 Å². The van der Waals surface area contributed by atoms with Crippen LogP contribution in [0.15, 0.2) is 27.2 Å². The molecule has 3 rings (SSSR count). The van der Waals surface area contributed by atoms with Crippen LogP contribution in [0.2, 0.25) is 0 Å². The quantitative estimate of drug-likeness (QED) is 0.777. The Balaban J connectivity index is 1.52. The standard InChI is InChI=1S/C15H20N2O2/c1-2-12-7-8-13(18-12)14-10-17-15(19-14)4-3-9-16-11-5-6-11/h7-8,10-11,16H,2-6,9H2,1H3. The molecule has 0 bridgehead atoms. The lowest BCUT2D eigenvalue weighted by molar-refractivity contribution is 0.462. The Kier molecular flexibility index (Phi) is 3.69. The summed E-state index contributed by atoms with van der Waals surface area (Å²) in [6.07, 6.45) is 7.26. The number of nitrogens with one attached hydrogen (secondary N) is 1. The van der Waals surface area contributed by atoms with Crippen LogP contribution in [0.25, 0.3) is 11.5 Å². The molecule has 0 spiro atoms. The Hall–Kier alpha value is -1.55. The normalized spacial score (nSPS) is 15.0. The average Bonchev–Trinajstić information content (AvgIpc) is 2.94. The molecule has 1 aliphatic carbocycles. The molecule has 1 saturated carbocycles. The van der Waals surface area contributed by atoms with E-state index in [2.05, 4.69) is 17.2 Å². The van der Waals surface area contributed by atoms with E-state index in [4.69, 9.17) is 8.83 Å². The molecule has 0 amide bonds. The summed E-state index contributed by atoms with van der Waals surface area (Å²) in [5.41, 5.74) is 0. The summed E-state index contributed by atoms with van der Waals surface area (Å²) < 4.78 is 11.4. The summed E-state index contributed by atoms with van der Waals surface area (Å²) in [6.45, 7) is 3.12. The second-order valence-corrected chi connectivity index (χ2v) is 5.07. The number of aromatic nitrogens is 1. The van der Waals surface area contributed by atoms with E-state index in [0.717, 1.165) is 55.0 Å². The second-order valence-electron chi connectivity index (χ2n) is 5.07. The lowest BCUT2D eigenvalue weighted by atomic mass is 10.3. The van der Waals surface area contributed by atoms with Crippen molar-refractivity contribution in [3.8, 4) is 11.5 Å². The highest BCUT2D eigenvalue weighted by Gasteiger charge is 2.19. The van der Waals surface area contributed by atoms with Gasteiger partial charge in [0.15, 0.2) is 17.4 Å². The number of furan rings is 1. The highest BCUT2D eigenvalue weighted by Crippen LogP contribution is 2.23.